The minimum absolute atomic E-state index is 0.185. The molecule has 0 aliphatic carbocycles. The van der Waals surface area contributed by atoms with E-state index in [1.165, 1.54) is 6.92 Å². The molecule has 0 spiro atoms. The van der Waals surface area contributed by atoms with Crippen molar-refractivity contribution < 1.29 is 9.90 Å². The fourth-order valence-corrected chi connectivity index (χ4v) is 0.396. The van der Waals surface area contributed by atoms with Gasteiger partial charge in [0.05, 0.1) is 5.41 Å². The van der Waals surface area contributed by atoms with Gasteiger partial charge in [0.15, 0.2) is 10.7 Å². The van der Waals surface area contributed by atoms with Gasteiger partial charge in [0.1, 0.15) is 5.78 Å². The van der Waals surface area contributed by atoms with E-state index in [0.29, 0.717) is 0 Å². The molecule has 4 heteroatoms. The second-order valence-corrected chi connectivity index (χ2v) is 2.81. The molecule has 0 unspecified atom stereocenters. The number of carbonyl (C=O) groups excluding carboxylic acids is 1. The van der Waals surface area contributed by atoms with Crippen LogP contribution in [0.15, 0.2) is 12.0 Å². The van der Waals surface area contributed by atoms with E-state index in [2.05, 4.69) is 4.98 Å². The first-order valence-electron chi connectivity index (χ1n) is 3.17. The van der Waals surface area contributed by atoms with Crippen LogP contribution in [0.2, 0.25) is 0 Å². The van der Waals surface area contributed by atoms with E-state index in [1.807, 2.05) is 0 Å². The Balaban J connectivity index is 4.73. The van der Waals surface area contributed by atoms with Crippen LogP contribution in [0, 0.1) is 10.8 Å². The molecule has 4 nitrogen and oxygen atoms in total. The molecule has 1 N–H and O–H groups in total. The lowest BCUT2D eigenvalue weighted by atomic mass is 9.87. The summed E-state index contributed by atoms with van der Waals surface area (Å²) in [6.07, 6.45) is 0.849. The highest BCUT2D eigenvalue weighted by molar-refractivity contribution is 5.84. The van der Waals surface area contributed by atoms with E-state index in [0.717, 1.165) is 6.20 Å². The molecule has 0 saturated heterocycles. The van der Waals surface area contributed by atoms with Gasteiger partial charge in [-0.25, -0.2) is 0 Å². The highest BCUT2D eigenvalue weighted by atomic mass is 16.3. The van der Waals surface area contributed by atoms with Crippen LogP contribution in [0.1, 0.15) is 20.8 Å². The van der Waals surface area contributed by atoms with Crippen molar-refractivity contribution in [3.63, 3.8) is 0 Å². The van der Waals surface area contributed by atoms with Crippen LogP contribution in [0.25, 0.3) is 4.98 Å². The van der Waals surface area contributed by atoms with Gasteiger partial charge >= 0.3 is 6.20 Å². The Morgan fingerprint density at radius 3 is 2.36 bits per heavy atom. The number of aliphatic hydroxyl groups excluding tert-OH is 1. The molecule has 0 aromatic carbocycles. The molecule has 0 aromatic rings. The summed E-state index contributed by atoms with van der Waals surface area (Å²) in [6, 6.07) is 0. The maximum absolute atomic E-state index is 10.9. The fourth-order valence-electron chi connectivity index (χ4n) is 0.396. The summed E-state index contributed by atoms with van der Waals surface area (Å²) in [5, 5.41) is 17.2. The largest absolute Gasteiger partial charge is 0.505 e. The van der Waals surface area contributed by atoms with E-state index in [4.69, 9.17) is 10.5 Å². The third-order valence-electron chi connectivity index (χ3n) is 1.70. The summed E-state index contributed by atoms with van der Waals surface area (Å²) in [5.74, 6) is -0.428. The summed E-state index contributed by atoms with van der Waals surface area (Å²) in [6.45, 7) is 4.46. The van der Waals surface area contributed by atoms with Crippen molar-refractivity contribution in [2.75, 3.05) is 0 Å². The van der Waals surface area contributed by atoms with E-state index in [9.17, 15) is 4.79 Å². The van der Waals surface area contributed by atoms with E-state index < -0.39 is 5.41 Å². The van der Waals surface area contributed by atoms with Crippen molar-refractivity contribution in [3.05, 3.63) is 16.9 Å². The molecule has 0 aliphatic heterocycles. The molecule has 0 amide bonds. The van der Waals surface area contributed by atoms with Gasteiger partial charge in [0, 0.05) is 0 Å². The average molecular weight is 155 g/mol. The number of allylic oxidation sites excluding steroid dienone is 1. The molecule has 0 aromatic heterocycles. The molecule has 0 rings (SSSR count). The molecule has 0 radical (unpaired) electrons. The molecule has 0 fully saturated rings. The maximum Gasteiger partial charge on any atom is 0.388 e. The van der Waals surface area contributed by atoms with Crippen molar-refractivity contribution in [1.29, 1.82) is 5.39 Å². The number of hydrogen-bond acceptors (Lipinski definition) is 3. The predicted octanol–water partition coefficient (Wildman–Crippen LogP) is 1.85. The molecule has 11 heavy (non-hydrogen) atoms. The Hall–Kier alpha value is -1.37. The van der Waals surface area contributed by atoms with Gasteiger partial charge in [-0.05, 0) is 20.8 Å². The van der Waals surface area contributed by atoms with Crippen LogP contribution < -0.4 is 0 Å². The van der Waals surface area contributed by atoms with Gasteiger partial charge in [-0.2, -0.15) is 0 Å². The summed E-state index contributed by atoms with van der Waals surface area (Å²) in [5.41, 5.74) is -0.966. The van der Waals surface area contributed by atoms with E-state index in [-0.39, 0.29) is 11.5 Å². The second kappa shape index (κ2) is 3.15. The Labute approximate surface area is 65.2 Å². The monoisotopic (exact) mass is 155 g/mol. The van der Waals surface area contributed by atoms with E-state index >= 15 is 0 Å². The summed E-state index contributed by atoms with van der Waals surface area (Å²) in [4.78, 5) is 13.5. The van der Waals surface area contributed by atoms with Gasteiger partial charge in [-0.3, -0.25) is 4.79 Å². The van der Waals surface area contributed by atoms with Gasteiger partial charge in [-0.15, -0.1) is 0 Å². The number of diazo groups is 1. The summed E-state index contributed by atoms with van der Waals surface area (Å²) in [7, 11) is 0. The first-order valence-corrected chi connectivity index (χ1v) is 3.17. The van der Waals surface area contributed by atoms with Gasteiger partial charge < -0.3 is 5.11 Å². The zero-order chi connectivity index (χ0) is 9.07. The topological polar surface area (TPSA) is 65.4 Å². The van der Waals surface area contributed by atoms with Crippen LogP contribution in [0.3, 0.4) is 0 Å². The quantitative estimate of drug-likeness (QED) is 0.488. The Kier molecular flexibility index (Phi) is 2.76. The normalized spacial score (nSPS) is 12.4. The number of Topliss-reactive ketones (excluding diaryl/α,β-unsaturated/α-hetero) is 1. The Morgan fingerprint density at radius 1 is 1.64 bits per heavy atom. The van der Waals surface area contributed by atoms with Crippen molar-refractivity contribution in [1.82, 2.24) is 0 Å². The lowest BCUT2D eigenvalue weighted by molar-refractivity contribution is -0.124. The molecule has 60 valence electrons. The highest BCUT2D eigenvalue weighted by Gasteiger charge is 2.31. The number of ketones is 1. The number of hydrogen-bond donors (Lipinski definition) is 1. The predicted molar refractivity (Wildman–Crippen MR) is 40.3 cm³/mol. The first kappa shape index (κ1) is 9.63. The van der Waals surface area contributed by atoms with Crippen LogP contribution in [0.4, 0.5) is 0 Å². The van der Waals surface area contributed by atoms with Gasteiger partial charge in [0.25, 0.3) is 0 Å². The standard InChI is InChI=1S/C7H10N2O2/c1-5(10)7(2,3)6(11)4-9-8/h4H,1-3H3/p+1/b6-4+. The van der Waals surface area contributed by atoms with Gasteiger partial charge in [-0.1, -0.05) is 0 Å². The zero-order valence-corrected chi connectivity index (χ0v) is 6.83. The minimum atomic E-state index is -0.966. The number of nitrogens with zero attached hydrogens (tertiary/aromatic N) is 2. The molecule has 0 aliphatic rings. The Bertz CT molecular complexity index is 235. The summed E-state index contributed by atoms with van der Waals surface area (Å²) >= 11 is 0. The van der Waals surface area contributed by atoms with Crippen LogP contribution in [0.5, 0.6) is 0 Å². The highest BCUT2D eigenvalue weighted by Crippen LogP contribution is 2.24. The molecule has 0 atom stereocenters. The van der Waals surface area contributed by atoms with Crippen molar-refractivity contribution in [3.8, 4) is 0 Å². The van der Waals surface area contributed by atoms with E-state index in [1.54, 1.807) is 13.8 Å². The van der Waals surface area contributed by atoms with Crippen molar-refractivity contribution in [2.45, 2.75) is 20.8 Å². The van der Waals surface area contributed by atoms with Crippen LogP contribution in [-0.2, 0) is 4.79 Å². The molecular formula is C7H11N2O2+. The van der Waals surface area contributed by atoms with Crippen molar-refractivity contribution in [2.24, 2.45) is 5.41 Å². The van der Waals surface area contributed by atoms with Crippen LogP contribution in [-0.4, -0.2) is 10.9 Å². The molecule has 0 heterocycles. The molecule has 0 saturated carbocycles. The van der Waals surface area contributed by atoms with Crippen molar-refractivity contribution >= 4 is 5.78 Å². The second-order valence-electron chi connectivity index (χ2n) is 2.81. The zero-order valence-electron chi connectivity index (χ0n) is 6.83. The number of aliphatic hydroxyl groups is 1. The SMILES string of the molecule is CC(=O)C(C)(C)/C(O)=C\[N+]#N. The third-order valence-corrected chi connectivity index (χ3v) is 1.70. The first-order chi connectivity index (χ1) is 4.92. The minimum Gasteiger partial charge on any atom is -0.505 e. The lowest BCUT2D eigenvalue weighted by Crippen LogP contribution is -2.23. The average Bonchev–Trinajstić information content (AvgIpc) is 1.88. The maximum atomic E-state index is 10.9. The fraction of sp³-hybridized carbons (Fsp3) is 0.571. The molecule has 0 bridgehead atoms. The third kappa shape index (κ3) is 2.04. The number of carbonyl (C=O) groups is 1. The van der Waals surface area contributed by atoms with Crippen LogP contribution >= 0.6 is 0 Å². The van der Waals surface area contributed by atoms with Gasteiger partial charge in [0.2, 0.25) is 5.39 Å². The number of rotatable bonds is 2. The summed E-state index contributed by atoms with van der Waals surface area (Å²) < 4.78 is 0. The lowest BCUT2D eigenvalue weighted by Gasteiger charge is -2.16. The molecular weight excluding hydrogens is 144 g/mol. The smallest absolute Gasteiger partial charge is 0.388 e. The Morgan fingerprint density at radius 2 is 2.09 bits per heavy atom.